The molecule has 0 atom stereocenters. The predicted octanol–water partition coefficient (Wildman–Crippen LogP) is 3.37. The second-order valence-electron chi connectivity index (χ2n) is 6.62. The molecule has 0 spiro atoms. The molecule has 0 unspecified atom stereocenters. The minimum atomic E-state index is -0.776. The summed E-state index contributed by atoms with van der Waals surface area (Å²) in [5, 5.41) is 5.75. The molecule has 0 aromatic carbocycles. The largest absolute Gasteiger partial charge is 0.493 e. The number of carbonyl (C=O) groups excluding carboxylic acids is 1. The summed E-state index contributed by atoms with van der Waals surface area (Å²) in [6, 6.07) is 1.09. The highest BCUT2D eigenvalue weighted by molar-refractivity contribution is 6.34. The Morgan fingerprint density at radius 2 is 2.11 bits per heavy atom. The average Bonchev–Trinajstić information content (AvgIpc) is 2.93. The Bertz CT molecular complexity index is 1050. The number of urea groups is 1. The topological polar surface area (TPSA) is 111 Å². The number of nitrogens with one attached hydrogen (secondary N) is 1. The molecule has 0 radical (unpaired) electrons. The quantitative estimate of drug-likeness (QED) is 0.632. The lowest BCUT2D eigenvalue weighted by atomic mass is 10.0. The Labute approximate surface area is 167 Å². The molecule has 0 fully saturated rings. The van der Waals surface area contributed by atoms with E-state index >= 15 is 0 Å². The molecule has 3 aromatic heterocycles. The van der Waals surface area contributed by atoms with Crippen LogP contribution in [0.25, 0.3) is 11.0 Å². The van der Waals surface area contributed by atoms with Gasteiger partial charge in [0.15, 0.2) is 5.75 Å². The van der Waals surface area contributed by atoms with Crippen molar-refractivity contribution < 1.29 is 9.53 Å². The van der Waals surface area contributed by atoms with Crippen molar-refractivity contribution in [2.45, 2.75) is 26.7 Å². The fraction of sp³-hybridized carbons (Fsp3) is 0.333. The van der Waals surface area contributed by atoms with Crippen LogP contribution in [0.15, 0.2) is 18.5 Å². The number of aromatic nitrogens is 4. The number of rotatable bonds is 5. The van der Waals surface area contributed by atoms with Gasteiger partial charge in [0.2, 0.25) is 0 Å². The average molecular weight is 404 g/mol. The molecule has 3 aromatic rings. The molecule has 3 N–H and O–H groups in total. The monoisotopic (exact) mass is 403 g/mol. The molecule has 28 heavy (non-hydrogen) atoms. The van der Waals surface area contributed by atoms with Crippen molar-refractivity contribution in [2.75, 3.05) is 17.5 Å². The minimum Gasteiger partial charge on any atom is -0.493 e. The second kappa shape index (κ2) is 7.51. The smallest absolute Gasteiger partial charge is 0.338 e. The fourth-order valence-electron chi connectivity index (χ4n) is 3.08. The highest BCUT2D eigenvalue weighted by Gasteiger charge is 2.23. The normalized spacial score (nSPS) is 11.1. The number of primary amides is 1. The van der Waals surface area contributed by atoms with Crippen molar-refractivity contribution >= 4 is 40.2 Å². The van der Waals surface area contributed by atoms with E-state index in [1.807, 2.05) is 24.7 Å². The van der Waals surface area contributed by atoms with E-state index < -0.39 is 6.03 Å². The molecular weight excluding hydrogens is 382 g/mol. The summed E-state index contributed by atoms with van der Waals surface area (Å²) in [5.74, 6) is 0.935. The molecule has 3 heterocycles. The first kappa shape index (κ1) is 19.7. The second-order valence-corrected chi connectivity index (χ2v) is 7.02. The molecule has 0 aliphatic carbocycles. The summed E-state index contributed by atoms with van der Waals surface area (Å²) in [4.78, 5) is 20.8. The SMILES string of the molecule is COc1cncc(Cl)c1N(Nc1cc(C(C)C)c2c(n1)c(C)nn2C)C(N)=O. The predicted molar refractivity (Wildman–Crippen MR) is 109 cm³/mol. The van der Waals surface area contributed by atoms with Gasteiger partial charge in [-0.3, -0.25) is 15.1 Å². The number of amides is 2. The van der Waals surface area contributed by atoms with Crippen molar-refractivity contribution in [3.8, 4) is 5.75 Å². The van der Waals surface area contributed by atoms with Crippen LogP contribution in [0.4, 0.5) is 16.3 Å². The third kappa shape index (κ3) is 3.40. The van der Waals surface area contributed by atoms with Crippen LogP contribution >= 0.6 is 11.6 Å². The van der Waals surface area contributed by atoms with Crippen LogP contribution in [0.2, 0.25) is 5.02 Å². The van der Waals surface area contributed by atoms with Crippen LogP contribution in [0, 0.1) is 6.92 Å². The first-order chi connectivity index (χ1) is 13.2. The lowest BCUT2D eigenvalue weighted by Gasteiger charge is -2.24. The van der Waals surface area contributed by atoms with Crippen molar-refractivity contribution in [2.24, 2.45) is 12.8 Å². The molecule has 148 valence electrons. The highest BCUT2D eigenvalue weighted by Crippen LogP contribution is 2.35. The number of halogens is 1. The first-order valence-corrected chi connectivity index (χ1v) is 9.00. The molecule has 0 aliphatic heterocycles. The lowest BCUT2D eigenvalue weighted by Crippen LogP contribution is -2.41. The molecule has 9 nitrogen and oxygen atoms in total. The van der Waals surface area contributed by atoms with Gasteiger partial charge in [0.25, 0.3) is 0 Å². The maximum atomic E-state index is 12.2. The van der Waals surface area contributed by atoms with Crippen LogP contribution in [0.3, 0.4) is 0 Å². The van der Waals surface area contributed by atoms with E-state index in [-0.39, 0.29) is 16.6 Å². The molecule has 0 aliphatic rings. The van der Waals surface area contributed by atoms with Gasteiger partial charge in [-0.25, -0.2) is 9.78 Å². The van der Waals surface area contributed by atoms with Crippen molar-refractivity contribution in [1.29, 1.82) is 0 Å². The number of hydrazine groups is 1. The van der Waals surface area contributed by atoms with Gasteiger partial charge in [-0.05, 0) is 24.5 Å². The summed E-state index contributed by atoms with van der Waals surface area (Å²) < 4.78 is 7.09. The summed E-state index contributed by atoms with van der Waals surface area (Å²) in [6.07, 6.45) is 2.85. The van der Waals surface area contributed by atoms with E-state index in [9.17, 15) is 4.79 Å². The van der Waals surface area contributed by atoms with Crippen molar-refractivity contribution in [1.82, 2.24) is 19.7 Å². The van der Waals surface area contributed by atoms with Crippen LogP contribution in [-0.2, 0) is 7.05 Å². The molecule has 2 amide bonds. The van der Waals surface area contributed by atoms with Gasteiger partial charge in [0, 0.05) is 13.2 Å². The Morgan fingerprint density at radius 3 is 2.71 bits per heavy atom. The molecule has 10 heteroatoms. The van der Waals surface area contributed by atoms with E-state index in [2.05, 4.69) is 34.3 Å². The number of methoxy groups -OCH3 is 1. The summed E-state index contributed by atoms with van der Waals surface area (Å²) in [5.41, 5.74) is 12.3. The van der Waals surface area contributed by atoms with Crippen molar-refractivity contribution in [3.05, 3.63) is 34.7 Å². The summed E-state index contributed by atoms with van der Waals surface area (Å²) in [7, 11) is 3.34. The number of nitrogens with zero attached hydrogens (tertiary/aromatic N) is 5. The number of hydrogen-bond acceptors (Lipinski definition) is 6. The minimum absolute atomic E-state index is 0.202. The van der Waals surface area contributed by atoms with Crippen LogP contribution in [0.5, 0.6) is 5.75 Å². The molecule has 0 saturated carbocycles. The zero-order chi connectivity index (χ0) is 20.6. The zero-order valence-electron chi connectivity index (χ0n) is 16.3. The van der Waals surface area contributed by atoms with E-state index in [1.165, 1.54) is 19.5 Å². The number of anilines is 2. The molecule has 0 saturated heterocycles. The number of carbonyl (C=O) groups is 1. The number of nitrogens with two attached hydrogens (primary N) is 1. The molecule has 3 rings (SSSR count). The number of pyridine rings is 2. The Hall–Kier alpha value is -3.07. The summed E-state index contributed by atoms with van der Waals surface area (Å²) >= 11 is 6.25. The zero-order valence-corrected chi connectivity index (χ0v) is 17.1. The Kier molecular flexibility index (Phi) is 5.28. The van der Waals surface area contributed by atoms with Crippen LogP contribution in [-0.4, -0.2) is 32.9 Å². The molecule has 0 bridgehead atoms. The van der Waals surface area contributed by atoms with Gasteiger partial charge >= 0.3 is 6.03 Å². The number of hydrogen-bond donors (Lipinski definition) is 2. The maximum Gasteiger partial charge on any atom is 0.338 e. The summed E-state index contributed by atoms with van der Waals surface area (Å²) in [6.45, 7) is 6.04. The van der Waals surface area contributed by atoms with Crippen LogP contribution in [0.1, 0.15) is 31.0 Å². The fourth-order valence-corrected chi connectivity index (χ4v) is 3.32. The maximum absolute atomic E-state index is 12.2. The van der Waals surface area contributed by atoms with E-state index in [0.717, 1.165) is 27.3 Å². The highest BCUT2D eigenvalue weighted by atomic mass is 35.5. The van der Waals surface area contributed by atoms with Crippen molar-refractivity contribution in [3.63, 3.8) is 0 Å². The van der Waals surface area contributed by atoms with Gasteiger partial charge in [-0.2, -0.15) is 10.1 Å². The standard InChI is InChI=1S/C18H22ClN7O2/c1-9(2)11-6-14(22-15-10(3)23-25(4)16(11)15)24-26(18(20)27)17-12(19)7-21-8-13(17)28-5/h6-9H,1-5H3,(H2,20,27)(H,22,24). The van der Waals surface area contributed by atoms with E-state index in [1.54, 1.807) is 0 Å². The number of ether oxygens (including phenoxy) is 1. The van der Waals surface area contributed by atoms with Gasteiger partial charge in [-0.1, -0.05) is 25.4 Å². The lowest BCUT2D eigenvalue weighted by molar-refractivity contribution is 0.254. The van der Waals surface area contributed by atoms with Gasteiger partial charge in [0.1, 0.15) is 17.0 Å². The van der Waals surface area contributed by atoms with Crippen LogP contribution < -0.4 is 20.9 Å². The third-order valence-corrected chi connectivity index (χ3v) is 4.62. The van der Waals surface area contributed by atoms with Gasteiger partial charge in [0.05, 0.1) is 29.5 Å². The molecular formula is C18H22ClN7O2. The Morgan fingerprint density at radius 1 is 1.39 bits per heavy atom. The van der Waals surface area contributed by atoms with E-state index in [0.29, 0.717) is 11.6 Å². The van der Waals surface area contributed by atoms with Gasteiger partial charge in [-0.15, -0.1) is 0 Å². The Balaban J connectivity index is 2.14. The first-order valence-electron chi connectivity index (χ1n) is 8.62. The number of aryl methyl sites for hydroxylation is 2. The third-order valence-electron chi connectivity index (χ3n) is 4.34. The van der Waals surface area contributed by atoms with Gasteiger partial charge < -0.3 is 10.5 Å². The number of fused-ring (bicyclic) bond motifs is 1. The van der Waals surface area contributed by atoms with E-state index in [4.69, 9.17) is 22.1 Å².